The number of aromatic nitrogens is 6. The van der Waals surface area contributed by atoms with Crippen LogP contribution in [0.25, 0.3) is 11.3 Å². The minimum absolute atomic E-state index is 0.519. The number of rotatable bonds is 2. The Balaban J connectivity index is 2.42. The van der Waals surface area contributed by atoms with Gasteiger partial charge in [0.15, 0.2) is 0 Å². The molecule has 0 aliphatic rings. The molecule has 2 aromatic rings. The SMILES string of the molecule is NCCn1nc2nn[nH]c2n1. The zero-order valence-electron chi connectivity index (χ0n) is 5.73. The lowest BCUT2D eigenvalue weighted by atomic mass is 10.7. The van der Waals surface area contributed by atoms with Gasteiger partial charge in [-0.05, 0) is 0 Å². The van der Waals surface area contributed by atoms with Gasteiger partial charge in [0, 0.05) is 6.54 Å². The molecule has 3 N–H and O–H groups in total. The minimum Gasteiger partial charge on any atom is -0.329 e. The Morgan fingerprint density at radius 3 is 3.09 bits per heavy atom. The van der Waals surface area contributed by atoms with Crippen LogP contribution in [0.5, 0.6) is 0 Å². The van der Waals surface area contributed by atoms with Crippen molar-refractivity contribution in [3.8, 4) is 0 Å². The summed E-state index contributed by atoms with van der Waals surface area (Å²) < 4.78 is 0. The highest BCUT2D eigenvalue weighted by Gasteiger charge is 2.03. The number of nitrogens with one attached hydrogen (secondary N) is 1. The summed E-state index contributed by atoms with van der Waals surface area (Å²) in [7, 11) is 0. The molecule has 0 saturated heterocycles. The summed E-state index contributed by atoms with van der Waals surface area (Å²) in [5.41, 5.74) is 6.43. The first-order chi connectivity index (χ1) is 5.40. The van der Waals surface area contributed by atoms with E-state index in [2.05, 4.69) is 25.6 Å². The molecule has 58 valence electrons. The van der Waals surface area contributed by atoms with E-state index in [9.17, 15) is 0 Å². The van der Waals surface area contributed by atoms with Crippen molar-refractivity contribution in [2.75, 3.05) is 6.54 Å². The summed E-state index contributed by atoms with van der Waals surface area (Å²) in [4.78, 5) is 1.50. The lowest BCUT2D eigenvalue weighted by Gasteiger charge is -1.91. The second kappa shape index (κ2) is 2.27. The molecule has 11 heavy (non-hydrogen) atoms. The first-order valence-corrected chi connectivity index (χ1v) is 3.22. The van der Waals surface area contributed by atoms with Crippen LogP contribution in [0, 0.1) is 0 Å². The Morgan fingerprint density at radius 1 is 1.45 bits per heavy atom. The second-order valence-electron chi connectivity index (χ2n) is 2.07. The molecule has 7 heteroatoms. The maximum Gasteiger partial charge on any atom is 0.243 e. The van der Waals surface area contributed by atoms with E-state index >= 15 is 0 Å². The van der Waals surface area contributed by atoms with E-state index in [4.69, 9.17) is 5.73 Å². The normalized spacial score (nSPS) is 11.0. The van der Waals surface area contributed by atoms with Crippen molar-refractivity contribution in [1.82, 2.24) is 30.4 Å². The van der Waals surface area contributed by atoms with Gasteiger partial charge in [-0.25, -0.2) is 5.10 Å². The van der Waals surface area contributed by atoms with Crippen molar-refractivity contribution in [2.45, 2.75) is 6.54 Å². The highest BCUT2D eigenvalue weighted by molar-refractivity contribution is 5.61. The van der Waals surface area contributed by atoms with E-state index < -0.39 is 0 Å². The van der Waals surface area contributed by atoms with Crippen LogP contribution in [-0.2, 0) is 6.54 Å². The Morgan fingerprint density at radius 2 is 2.36 bits per heavy atom. The van der Waals surface area contributed by atoms with Gasteiger partial charge in [0.25, 0.3) is 0 Å². The van der Waals surface area contributed by atoms with Crippen LogP contribution in [0.15, 0.2) is 0 Å². The maximum absolute atomic E-state index is 5.30. The third-order valence-electron chi connectivity index (χ3n) is 1.27. The van der Waals surface area contributed by atoms with E-state index in [1.165, 1.54) is 4.80 Å². The number of hydrogen-bond donors (Lipinski definition) is 2. The molecule has 0 atom stereocenters. The topological polar surface area (TPSA) is 98.3 Å². The number of H-pyrrole nitrogens is 1. The molecule has 0 bridgehead atoms. The number of aromatic amines is 1. The molecular weight excluding hydrogens is 146 g/mol. The maximum atomic E-state index is 5.30. The summed E-state index contributed by atoms with van der Waals surface area (Å²) in [6, 6.07) is 0. The zero-order valence-corrected chi connectivity index (χ0v) is 5.73. The van der Waals surface area contributed by atoms with Gasteiger partial charge < -0.3 is 5.73 Å². The minimum atomic E-state index is 0.519. The summed E-state index contributed by atoms with van der Waals surface area (Å²) in [6.45, 7) is 1.12. The van der Waals surface area contributed by atoms with Gasteiger partial charge in [0.05, 0.1) is 6.54 Å². The summed E-state index contributed by atoms with van der Waals surface area (Å²) in [5.74, 6) is 0. The second-order valence-corrected chi connectivity index (χ2v) is 2.07. The Kier molecular flexibility index (Phi) is 1.29. The van der Waals surface area contributed by atoms with E-state index in [-0.39, 0.29) is 0 Å². The van der Waals surface area contributed by atoms with Crippen LogP contribution in [-0.4, -0.2) is 36.9 Å². The molecule has 0 aliphatic carbocycles. The van der Waals surface area contributed by atoms with Crippen LogP contribution in [0.1, 0.15) is 0 Å². The fourth-order valence-electron chi connectivity index (χ4n) is 0.814. The molecular formula is C4H7N7. The average Bonchev–Trinajstić information content (AvgIpc) is 2.46. The quantitative estimate of drug-likeness (QED) is 0.547. The van der Waals surface area contributed by atoms with Crippen molar-refractivity contribution >= 4 is 11.3 Å². The molecule has 0 radical (unpaired) electrons. The molecule has 2 rings (SSSR count). The van der Waals surface area contributed by atoms with Gasteiger partial charge in [0.2, 0.25) is 11.3 Å². The van der Waals surface area contributed by atoms with Crippen molar-refractivity contribution in [2.24, 2.45) is 5.73 Å². The lowest BCUT2D eigenvalue weighted by molar-refractivity contribution is 0.548. The first-order valence-electron chi connectivity index (χ1n) is 3.22. The standard InChI is InChI=1S/C4H7N7/c5-1-2-11-8-3-4(9-11)7-10-6-3/h1-2,5H2,(H,6,7,8,9). The molecule has 0 aromatic carbocycles. The smallest absolute Gasteiger partial charge is 0.243 e. The molecule has 0 saturated carbocycles. The Hall–Kier alpha value is -1.50. The fraction of sp³-hybridized carbons (Fsp3) is 0.500. The zero-order chi connectivity index (χ0) is 7.68. The molecule has 0 unspecified atom stereocenters. The third-order valence-corrected chi connectivity index (χ3v) is 1.27. The number of nitrogens with two attached hydrogens (primary N) is 1. The van der Waals surface area contributed by atoms with Crippen molar-refractivity contribution in [1.29, 1.82) is 0 Å². The van der Waals surface area contributed by atoms with E-state index in [1.807, 2.05) is 0 Å². The number of fused-ring (bicyclic) bond motifs is 1. The monoisotopic (exact) mass is 153 g/mol. The summed E-state index contributed by atoms with van der Waals surface area (Å²) in [5, 5.41) is 17.8. The van der Waals surface area contributed by atoms with E-state index in [0.717, 1.165) is 0 Å². The van der Waals surface area contributed by atoms with Gasteiger partial charge in [-0.1, -0.05) is 5.21 Å². The molecule has 0 amide bonds. The van der Waals surface area contributed by atoms with Crippen LogP contribution >= 0.6 is 0 Å². The third kappa shape index (κ3) is 0.944. The molecule has 0 spiro atoms. The Labute approximate surface area is 61.6 Å². The predicted octanol–water partition coefficient (Wildman–Crippen LogP) is -1.49. The van der Waals surface area contributed by atoms with Crippen molar-refractivity contribution < 1.29 is 0 Å². The molecule has 2 heterocycles. The van der Waals surface area contributed by atoms with Crippen molar-refractivity contribution in [3.63, 3.8) is 0 Å². The van der Waals surface area contributed by atoms with Crippen molar-refractivity contribution in [3.05, 3.63) is 0 Å². The number of nitrogens with zero attached hydrogens (tertiary/aromatic N) is 5. The lowest BCUT2D eigenvalue weighted by Crippen LogP contribution is -2.12. The Bertz CT molecular complexity index is 317. The van der Waals surface area contributed by atoms with E-state index in [0.29, 0.717) is 24.4 Å². The average molecular weight is 153 g/mol. The fourth-order valence-corrected chi connectivity index (χ4v) is 0.814. The van der Waals surface area contributed by atoms with E-state index in [1.54, 1.807) is 0 Å². The van der Waals surface area contributed by atoms with Gasteiger partial charge in [-0.3, -0.25) is 0 Å². The van der Waals surface area contributed by atoms with Gasteiger partial charge >= 0.3 is 0 Å². The van der Waals surface area contributed by atoms with Crippen LogP contribution in [0.2, 0.25) is 0 Å². The van der Waals surface area contributed by atoms with Gasteiger partial charge in [-0.15, -0.1) is 15.3 Å². The highest BCUT2D eigenvalue weighted by Crippen LogP contribution is 1.97. The molecule has 7 nitrogen and oxygen atoms in total. The first kappa shape index (κ1) is 6.23. The highest BCUT2D eigenvalue weighted by atomic mass is 15.5. The summed E-state index contributed by atoms with van der Waals surface area (Å²) >= 11 is 0. The van der Waals surface area contributed by atoms with Crippen LogP contribution in [0.3, 0.4) is 0 Å². The van der Waals surface area contributed by atoms with Crippen LogP contribution < -0.4 is 5.73 Å². The van der Waals surface area contributed by atoms with Crippen LogP contribution in [0.4, 0.5) is 0 Å². The molecule has 0 fully saturated rings. The van der Waals surface area contributed by atoms with Gasteiger partial charge in [-0.2, -0.15) is 4.80 Å². The molecule has 0 aliphatic heterocycles. The molecule has 2 aromatic heterocycles. The number of hydrogen-bond acceptors (Lipinski definition) is 5. The predicted molar refractivity (Wildman–Crippen MR) is 36.5 cm³/mol. The van der Waals surface area contributed by atoms with Gasteiger partial charge in [0.1, 0.15) is 0 Å². The largest absolute Gasteiger partial charge is 0.329 e. The summed E-state index contributed by atoms with van der Waals surface area (Å²) in [6.07, 6.45) is 0.